The van der Waals surface area contributed by atoms with Crippen LogP contribution >= 0.6 is 0 Å². The van der Waals surface area contributed by atoms with Gasteiger partial charge in [-0.2, -0.15) is 0 Å². The van der Waals surface area contributed by atoms with Gasteiger partial charge >= 0.3 is 17.9 Å². The summed E-state index contributed by atoms with van der Waals surface area (Å²) in [5.74, 6) is -0.928. The minimum absolute atomic E-state index is 0.0923. The zero-order valence-electron chi connectivity index (χ0n) is 42.7. The summed E-state index contributed by atoms with van der Waals surface area (Å²) in [5.41, 5.74) is 0. The summed E-state index contributed by atoms with van der Waals surface area (Å²) >= 11 is 0. The number of hydrogen-bond donors (Lipinski definition) is 0. The first-order valence-corrected chi connectivity index (χ1v) is 27.5. The van der Waals surface area contributed by atoms with Gasteiger partial charge in [-0.3, -0.25) is 14.4 Å². The van der Waals surface area contributed by atoms with E-state index in [1.807, 2.05) is 0 Å². The molecule has 6 heteroatoms. The molecule has 0 rings (SSSR count). The van der Waals surface area contributed by atoms with Crippen molar-refractivity contribution in [1.29, 1.82) is 0 Å². The maximum Gasteiger partial charge on any atom is 0.306 e. The third-order valence-electron chi connectivity index (χ3n) is 11.7. The molecule has 0 bridgehead atoms. The molecule has 65 heavy (non-hydrogen) atoms. The second-order valence-corrected chi connectivity index (χ2v) is 18.1. The van der Waals surface area contributed by atoms with E-state index in [9.17, 15) is 14.4 Å². The Kier molecular flexibility index (Phi) is 50.9. The molecule has 0 fully saturated rings. The summed E-state index contributed by atoms with van der Waals surface area (Å²) in [4.78, 5) is 38.1. The fourth-order valence-corrected chi connectivity index (χ4v) is 7.56. The lowest BCUT2D eigenvalue weighted by Crippen LogP contribution is -2.30. The van der Waals surface area contributed by atoms with Crippen LogP contribution in [-0.2, 0) is 28.6 Å². The Labute approximate surface area is 402 Å². The Morgan fingerprint density at radius 1 is 0.338 bits per heavy atom. The van der Waals surface area contributed by atoms with Crippen LogP contribution in [-0.4, -0.2) is 37.2 Å². The van der Waals surface area contributed by atoms with Crippen molar-refractivity contribution in [3.8, 4) is 0 Å². The van der Waals surface area contributed by atoms with Crippen LogP contribution in [0.3, 0.4) is 0 Å². The lowest BCUT2D eigenvalue weighted by molar-refractivity contribution is -0.167. The van der Waals surface area contributed by atoms with Gasteiger partial charge in [0, 0.05) is 19.3 Å². The lowest BCUT2D eigenvalue weighted by Gasteiger charge is -2.18. The van der Waals surface area contributed by atoms with Crippen molar-refractivity contribution in [2.45, 2.75) is 271 Å². The van der Waals surface area contributed by atoms with Gasteiger partial charge in [-0.1, -0.05) is 216 Å². The van der Waals surface area contributed by atoms with E-state index in [0.717, 1.165) is 109 Å². The van der Waals surface area contributed by atoms with Crippen molar-refractivity contribution < 1.29 is 28.6 Å². The molecule has 0 saturated heterocycles. The van der Waals surface area contributed by atoms with Gasteiger partial charge < -0.3 is 14.2 Å². The molecule has 0 radical (unpaired) electrons. The van der Waals surface area contributed by atoms with Gasteiger partial charge in [0.15, 0.2) is 6.10 Å². The predicted molar refractivity (Wildman–Crippen MR) is 279 cm³/mol. The molecule has 0 aromatic carbocycles. The Hall–Kier alpha value is -3.15. The molecular formula is C59H102O6. The van der Waals surface area contributed by atoms with Gasteiger partial charge in [0.25, 0.3) is 0 Å². The first-order chi connectivity index (χ1) is 32.0. The molecule has 1 atom stereocenters. The smallest absolute Gasteiger partial charge is 0.306 e. The van der Waals surface area contributed by atoms with E-state index >= 15 is 0 Å². The van der Waals surface area contributed by atoms with Gasteiger partial charge in [0.05, 0.1) is 0 Å². The molecule has 0 spiro atoms. The van der Waals surface area contributed by atoms with Crippen molar-refractivity contribution in [1.82, 2.24) is 0 Å². The van der Waals surface area contributed by atoms with Crippen molar-refractivity contribution >= 4 is 17.9 Å². The third kappa shape index (κ3) is 51.7. The minimum atomic E-state index is -0.793. The van der Waals surface area contributed by atoms with Gasteiger partial charge in [0.2, 0.25) is 0 Å². The first-order valence-electron chi connectivity index (χ1n) is 27.5. The van der Waals surface area contributed by atoms with Crippen LogP contribution in [0.1, 0.15) is 265 Å². The quantitative estimate of drug-likeness (QED) is 0.0199. The lowest BCUT2D eigenvalue weighted by atomic mass is 10.1. The highest BCUT2D eigenvalue weighted by Gasteiger charge is 2.19. The van der Waals surface area contributed by atoms with E-state index in [-0.39, 0.29) is 31.1 Å². The first kappa shape index (κ1) is 61.9. The number of carbonyl (C=O) groups is 3. The normalized spacial score (nSPS) is 12.6. The second-order valence-electron chi connectivity index (χ2n) is 18.1. The van der Waals surface area contributed by atoms with Crippen molar-refractivity contribution in [2.75, 3.05) is 13.2 Å². The van der Waals surface area contributed by atoms with Crippen molar-refractivity contribution in [2.24, 2.45) is 0 Å². The topological polar surface area (TPSA) is 78.9 Å². The summed E-state index contributed by atoms with van der Waals surface area (Å²) in [6.45, 7) is 6.48. The summed E-state index contributed by atoms with van der Waals surface area (Å²) < 4.78 is 16.8. The van der Waals surface area contributed by atoms with E-state index in [4.69, 9.17) is 14.2 Å². The summed E-state index contributed by atoms with van der Waals surface area (Å²) in [5, 5.41) is 0. The number of unbranched alkanes of at least 4 members (excludes halogenated alkanes) is 27. The number of carbonyl (C=O) groups excluding carboxylic acids is 3. The van der Waals surface area contributed by atoms with Gasteiger partial charge in [0.1, 0.15) is 13.2 Å². The highest BCUT2D eigenvalue weighted by molar-refractivity contribution is 5.71. The van der Waals surface area contributed by atoms with Crippen molar-refractivity contribution in [3.63, 3.8) is 0 Å². The number of rotatable bonds is 49. The third-order valence-corrected chi connectivity index (χ3v) is 11.7. The summed E-state index contributed by atoms with van der Waals surface area (Å²) in [6.07, 6.45) is 67.4. The molecule has 0 amide bonds. The number of hydrogen-bond acceptors (Lipinski definition) is 6. The molecule has 0 saturated carbocycles. The van der Waals surface area contributed by atoms with Gasteiger partial charge in [-0.15, -0.1) is 0 Å². The molecule has 0 heterocycles. The molecule has 0 aliphatic rings. The maximum atomic E-state index is 12.8. The standard InChI is InChI=1S/C59H102O6/c1-4-7-10-13-16-19-22-25-28-29-30-32-34-37-40-43-46-49-52-58(61)64-55-56(54-63-57(60)51-48-45-42-39-36-33-27-24-21-18-15-12-9-6-3)65-59(62)53-50-47-44-41-38-35-31-26-23-20-17-14-11-8-5-2/h9,12,18,20-21,23,27-30,32-33,56H,4-8,10-11,13-17,19,22,24-26,31,34-55H2,1-3H3/b12-9-,21-18-,23-20-,29-28-,32-30-,33-27-. The molecule has 0 N–H and O–H groups in total. The molecule has 374 valence electrons. The van der Waals surface area contributed by atoms with Crippen LogP contribution in [0.25, 0.3) is 0 Å². The Morgan fingerprint density at radius 2 is 0.646 bits per heavy atom. The average molecular weight is 907 g/mol. The highest BCUT2D eigenvalue weighted by atomic mass is 16.6. The minimum Gasteiger partial charge on any atom is -0.462 e. The molecule has 0 aromatic rings. The van der Waals surface area contributed by atoms with Crippen LogP contribution in [0.2, 0.25) is 0 Å². The predicted octanol–water partition coefficient (Wildman–Crippen LogP) is 18.2. The fourth-order valence-electron chi connectivity index (χ4n) is 7.56. The van der Waals surface area contributed by atoms with E-state index in [1.54, 1.807) is 0 Å². The molecular weight excluding hydrogens is 805 g/mol. The molecule has 1 unspecified atom stereocenters. The zero-order valence-corrected chi connectivity index (χ0v) is 42.7. The Bertz CT molecular complexity index is 1230. The number of esters is 3. The SMILES string of the molecule is CC/C=C\C/C=C\C/C=C\CCCCCCC(=O)OCC(COC(=O)CCCCCCC/C=C\C=C/CCCCCCCCC)OC(=O)CCCCCCCCC/C=C\CCCCCC. The average Bonchev–Trinajstić information content (AvgIpc) is 3.30. The largest absolute Gasteiger partial charge is 0.462 e. The van der Waals surface area contributed by atoms with E-state index in [1.165, 1.54) is 116 Å². The van der Waals surface area contributed by atoms with Crippen LogP contribution < -0.4 is 0 Å². The van der Waals surface area contributed by atoms with Crippen LogP contribution in [0.15, 0.2) is 72.9 Å². The maximum absolute atomic E-state index is 12.8. The monoisotopic (exact) mass is 907 g/mol. The second kappa shape index (κ2) is 53.5. The van der Waals surface area contributed by atoms with E-state index < -0.39 is 6.10 Å². The van der Waals surface area contributed by atoms with Gasteiger partial charge in [-0.25, -0.2) is 0 Å². The van der Waals surface area contributed by atoms with Crippen LogP contribution in [0.5, 0.6) is 0 Å². The summed E-state index contributed by atoms with van der Waals surface area (Å²) in [7, 11) is 0. The van der Waals surface area contributed by atoms with Gasteiger partial charge in [-0.05, 0) is 103 Å². The van der Waals surface area contributed by atoms with E-state index in [0.29, 0.717) is 19.3 Å². The number of ether oxygens (including phenoxy) is 3. The zero-order chi connectivity index (χ0) is 47.2. The molecule has 0 aromatic heterocycles. The highest BCUT2D eigenvalue weighted by Crippen LogP contribution is 2.14. The van der Waals surface area contributed by atoms with Crippen molar-refractivity contribution in [3.05, 3.63) is 72.9 Å². The fraction of sp³-hybridized carbons (Fsp3) is 0.746. The number of allylic oxidation sites excluding steroid dienone is 12. The molecule has 0 aliphatic carbocycles. The molecule has 6 nitrogen and oxygen atoms in total. The van der Waals surface area contributed by atoms with Crippen LogP contribution in [0, 0.1) is 0 Å². The summed E-state index contributed by atoms with van der Waals surface area (Å²) in [6, 6.07) is 0. The Balaban J connectivity index is 4.43. The Morgan fingerprint density at radius 3 is 1.06 bits per heavy atom. The van der Waals surface area contributed by atoms with Crippen LogP contribution in [0.4, 0.5) is 0 Å². The van der Waals surface area contributed by atoms with E-state index in [2.05, 4.69) is 93.7 Å². The molecule has 0 aliphatic heterocycles.